The van der Waals surface area contributed by atoms with Gasteiger partial charge in [0.15, 0.2) is 18.0 Å². The molecule has 2 aromatic carbocycles. The van der Waals surface area contributed by atoms with Crippen molar-refractivity contribution in [2.24, 2.45) is 7.05 Å². The number of aryl methyl sites for hydroxylation is 1. The van der Waals surface area contributed by atoms with Gasteiger partial charge in [0.2, 0.25) is 0 Å². The molecule has 6 nitrogen and oxygen atoms in total. The molecule has 3 rings (SSSR count). The van der Waals surface area contributed by atoms with Crippen LogP contribution in [0, 0.1) is 0 Å². The molecule has 1 amide bonds. The molecule has 1 aromatic heterocycles. The molecule has 3 aromatic rings. The smallest absolute Gasteiger partial charge is 0.262 e. The van der Waals surface area contributed by atoms with Crippen molar-refractivity contribution in [2.45, 2.75) is 10.1 Å². The second-order valence-electron chi connectivity index (χ2n) is 5.44. The summed E-state index contributed by atoms with van der Waals surface area (Å²) in [7, 11) is 1.94. The Kier molecular flexibility index (Phi) is 5.70. The molecule has 0 unspecified atom stereocenters. The fraction of sp³-hybridized carbons (Fsp3) is 0.105. The summed E-state index contributed by atoms with van der Waals surface area (Å²) >= 11 is 1.54. The van der Waals surface area contributed by atoms with Gasteiger partial charge in [0.1, 0.15) is 5.75 Å². The van der Waals surface area contributed by atoms with Crippen LogP contribution in [0.25, 0.3) is 0 Å². The van der Waals surface area contributed by atoms with E-state index in [1.807, 2.05) is 42.1 Å². The van der Waals surface area contributed by atoms with Crippen LogP contribution in [-0.4, -0.2) is 28.4 Å². The van der Waals surface area contributed by atoms with Crippen molar-refractivity contribution in [3.05, 3.63) is 66.5 Å². The van der Waals surface area contributed by atoms with Gasteiger partial charge >= 0.3 is 0 Å². The number of anilines is 1. The maximum atomic E-state index is 12.0. The van der Waals surface area contributed by atoms with Crippen molar-refractivity contribution in [1.29, 1.82) is 0 Å². The second-order valence-corrected chi connectivity index (χ2v) is 6.48. The lowest BCUT2D eigenvalue weighted by Gasteiger charge is -2.09. The molecule has 1 heterocycles. The van der Waals surface area contributed by atoms with Gasteiger partial charge in [0.05, 0.1) is 5.56 Å². The number of hydrogen-bond donors (Lipinski definition) is 1. The van der Waals surface area contributed by atoms with Crippen molar-refractivity contribution in [3.8, 4) is 5.75 Å². The number of aldehydes is 1. The summed E-state index contributed by atoms with van der Waals surface area (Å²) < 4.78 is 7.35. The highest BCUT2D eigenvalue weighted by molar-refractivity contribution is 7.99. The highest BCUT2D eigenvalue weighted by Gasteiger charge is 2.07. The largest absolute Gasteiger partial charge is 0.483 e. The van der Waals surface area contributed by atoms with E-state index in [0.717, 1.165) is 10.1 Å². The number of carbonyl (C=O) groups is 2. The number of amides is 1. The van der Waals surface area contributed by atoms with Gasteiger partial charge in [-0.2, -0.15) is 0 Å². The van der Waals surface area contributed by atoms with Crippen LogP contribution in [0.2, 0.25) is 0 Å². The molecule has 7 heteroatoms. The Balaban J connectivity index is 1.54. The number of imidazole rings is 1. The number of nitrogens with one attached hydrogen (secondary N) is 1. The third kappa shape index (κ3) is 4.52. The predicted molar refractivity (Wildman–Crippen MR) is 99.7 cm³/mol. The fourth-order valence-corrected chi connectivity index (χ4v) is 3.01. The van der Waals surface area contributed by atoms with Crippen LogP contribution in [-0.2, 0) is 11.8 Å². The number of para-hydroxylation sites is 1. The summed E-state index contributed by atoms with van der Waals surface area (Å²) in [5, 5.41) is 3.66. The molecule has 0 atom stereocenters. The molecule has 0 spiro atoms. The summed E-state index contributed by atoms with van der Waals surface area (Å²) in [4.78, 5) is 28.3. The topological polar surface area (TPSA) is 73.2 Å². The van der Waals surface area contributed by atoms with Gasteiger partial charge in [-0.25, -0.2) is 4.98 Å². The van der Waals surface area contributed by atoms with Crippen LogP contribution in [0.3, 0.4) is 0 Å². The first kappa shape index (κ1) is 17.8. The molecule has 0 saturated carbocycles. The van der Waals surface area contributed by atoms with Crippen LogP contribution < -0.4 is 10.1 Å². The highest BCUT2D eigenvalue weighted by Crippen LogP contribution is 2.26. The SMILES string of the molecule is Cn1ccnc1Sc1ccc(NC(=O)COc2ccccc2C=O)cc1. The molecule has 0 aliphatic carbocycles. The summed E-state index contributed by atoms with van der Waals surface area (Å²) in [6, 6.07) is 14.2. The van der Waals surface area contributed by atoms with Gasteiger partial charge in [-0.15, -0.1) is 0 Å². The first-order valence-electron chi connectivity index (χ1n) is 7.88. The lowest BCUT2D eigenvalue weighted by Crippen LogP contribution is -2.20. The molecule has 0 radical (unpaired) electrons. The lowest BCUT2D eigenvalue weighted by molar-refractivity contribution is -0.118. The maximum absolute atomic E-state index is 12.0. The van der Waals surface area contributed by atoms with E-state index < -0.39 is 0 Å². The van der Waals surface area contributed by atoms with Crippen molar-refractivity contribution in [3.63, 3.8) is 0 Å². The lowest BCUT2D eigenvalue weighted by atomic mass is 10.2. The van der Waals surface area contributed by atoms with E-state index in [9.17, 15) is 9.59 Å². The Labute approximate surface area is 155 Å². The average molecular weight is 367 g/mol. The number of ether oxygens (including phenoxy) is 1. The minimum absolute atomic E-state index is 0.172. The van der Waals surface area contributed by atoms with E-state index in [-0.39, 0.29) is 12.5 Å². The van der Waals surface area contributed by atoms with E-state index in [1.54, 1.807) is 42.2 Å². The van der Waals surface area contributed by atoms with Crippen molar-refractivity contribution < 1.29 is 14.3 Å². The van der Waals surface area contributed by atoms with Gasteiger partial charge < -0.3 is 14.6 Å². The maximum Gasteiger partial charge on any atom is 0.262 e. The molecule has 26 heavy (non-hydrogen) atoms. The van der Waals surface area contributed by atoms with Crippen molar-refractivity contribution >= 4 is 29.6 Å². The number of hydrogen-bond acceptors (Lipinski definition) is 5. The highest BCUT2D eigenvalue weighted by atomic mass is 32.2. The molecule has 0 fully saturated rings. The molecule has 132 valence electrons. The zero-order chi connectivity index (χ0) is 18.4. The summed E-state index contributed by atoms with van der Waals surface area (Å²) in [5.74, 6) is 0.0923. The predicted octanol–water partition coefficient (Wildman–Crippen LogP) is 3.40. The zero-order valence-corrected chi connectivity index (χ0v) is 14.9. The molecule has 0 bridgehead atoms. The Morgan fingerprint density at radius 2 is 2.00 bits per heavy atom. The van der Waals surface area contributed by atoms with E-state index in [2.05, 4.69) is 10.3 Å². The number of nitrogens with zero attached hydrogens (tertiary/aromatic N) is 2. The van der Waals surface area contributed by atoms with Gasteiger partial charge in [-0.3, -0.25) is 9.59 Å². The summed E-state index contributed by atoms with van der Waals surface area (Å²) in [6.07, 6.45) is 4.34. The number of benzene rings is 2. The normalized spacial score (nSPS) is 10.3. The number of rotatable bonds is 7. The molecular weight excluding hydrogens is 350 g/mol. The minimum Gasteiger partial charge on any atom is -0.483 e. The summed E-state index contributed by atoms with van der Waals surface area (Å²) in [6.45, 7) is -0.172. The number of carbonyl (C=O) groups excluding carboxylic acids is 2. The number of aromatic nitrogens is 2. The molecule has 1 N–H and O–H groups in total. The van der Waals surface area contributed by atoms with Crippen LogP contribution in [0.1, 0.15) is 10.4 Å². The fourth-order valence-electron chi connectivity index (χ4n) is 2.21. The van der Waals surface area contributed by atoms with Gasteiger partial charge in [0, 0.05) is 30.0 Å². The van der Waals surface area contributed by atoms with Crippen LogP contribution in [0.5, 0.6) is 5.75 Å². The van der Waals surface area contributed by atoms with Crippen molar-refractivity contribution in [1.82, 2.24) is 9.55 Å². The van der Waals surface area contributed by atoms with Crippen LogP contribution in [0.15, 0.2) is 71.0 Å². The molecular formula is C19H17N3O3S. The third-order valence-corrected chi connectivity index (χ3v) is 4.61. The first-order valence-corrected chi connectivity index (χ1v) is 8.69. The third-order valence-electron chi connectivity index (χ3n) is 3.53. The van der Waals surface area contributed by atoms with Gasteiger partial charge in [-0.1, -0.05) is 23.9 Å². The molecule has 0 saturated heterocycles. The van der Waals surface area contributed by atoms with E-state index in [4.69, 9.17) is 4.74 Å². The quantitative estimate of drug-likeness (QED) is 0.648. The Morgan fingerprint density at radius 1 is 1.23 bits per heavy atom. The zero-order valence-electron chi connectivity index (χ0n) is 14.1. The van der Waals surface area contributed by atoms with Crippen molar-refractivity contribution in [2.75, 3.05) is 11.9 Å². The Hall–Kier alpha value is -3.06. The Bertz CT molecular complexity index is 906. The van der Waals surface area contributed by atoms with Crippen LogP contribution >= 0.6 is 11.8 Å². The average Bonchev–Trinajstić information content (AvgIpc) is 3.06. The van der Waals surface area contributed by atoms with Gasteiger partial charge in [0.25, 0.3) is 5.91 Å². The van der Waals surface area contributed by atoms with Crippen LogP contribution in [0.4, 0.5) is 5.69 Å². The first-order chi connectivity index (χ1) is 12.7. The monoisotopic (exact) mass is 367 g/mol. The second kappa shape index (κ2) is 8.35. The standard InChI is InChI=1S/C19H17N3O3S/c1-22-11-10-20-19(22)26-16-8-6-15(7-9-16)21-18(24)13-25-17-5-3-2-4-14(17)12-23/h2-12H,13H2,1H3,(H,21,24). The molecule has 0 aliphatic rings. The van der Waals surface area contributed by atoms with E-state index in [1.165, 1.54) is 0 Å². The van der Waals surface area contributed by atoms with E-state index >= 15 is 0 Å². The summed E-state index contributed by atoms with van der Waals surface area (Å²) in [5.41, 5.74) is 1.09. The Morgan fingerprint density at radius 3 is 2.69 bits per heavy atom. The van der Waals surface area contributed by atoms with Gasteiger partial charge in [-0.05, 0) is 36.4 Å². The van der Waals surface area contributed by atoms with E-state index in [0.29, 0.717) is 23.3 Å². The minimum atomic E-state index is -0.296. The molecule has 0 aliphatic heterocycles.